The normalized spacial score (nSPS) is 16.5. The molecule has 9 rings (SSSR count). The number of fused-ring (bicyclic) bond motifs is 8. The van der Waals surface area contributed by atoms with Crippen molar-refractivity contribution in [3.8, 4) is 44.5 Å². The summed E-state index contributed by atoms with van der Waals surface area (Å²) in [5, 5.41) is 5.13. The molecule has 0 heteroatoms. The molecule has 7 aromatic rings. The molecular formula is C44H30. The van der Waals surface area contributed by atoms with E-state index in [1.165, 1.54) is 77.2 Å². The van der Waals surface area contributed by atoms with Crippen molar-refractivity contribution in [2.45, 2.75) is 11.8 Å². The molecule has 0 N–H and O–H groups in total. The van der Waals surface area contributed by atoms with Crippen LogP contribution in [0.3, 0.4) is 0 Å². The molecule has 0 aliphatic heterocycles. The van der Waals surface area contributed by atoms with Gasteiger partial charge in [0.2, 0.25) is 0 Å². The minimum Gasteiger partial charge on any atom is -0.0761 e. The van der Waals surface area contributed by atoms with Gasteiger partial charge in [-0.25, -0.2) is 0 Å². The van der Waals surface area contributed by atoms with Crippen LogP contribution >= 0.6 is 0 Å². The van der Waals surface area contributed by atoms with Gasteiger partial charge in [-0.15, -0.1) is 0 Å². The van der Waals surface area contributed by atoms with E-state index in [-0.39, 0.29) is 0 Å². The second kappa shape index (κ2) is 10.1. The Balaban J connectivity index is 1.24. The van der Waals surface area contributed by atoms with Gasteiger partial charge >= 0.3 is 0 Å². The number of rotatable bonds is 3. The highest BCUT2D eigenvalue weighted by Gasteiger charge is 2.31. The van der Waals surface area contributed by atoms with E-state index in [4.69, 9.17) is 0 Å². The SMILES string of the molecule is C1=CC2c3ccccc3-c3cc(-c4cccc(-c5c6ccccc6c(-c6ccccc6)c6ccccc56)c4)ccc3C2C=C1. The van der Waals surface area contributed by atoms with Gasteiger partial charge in [0.25, 0.3) is 0 Å². The van der Waals surface area contributed by atoms with Crippen LogP contribution in [-0.4, -0.2) is 0 Å². The first kappa shape index (κ1) is 25.1. The molecule has 206 valence electrons. The molecule has 2 atom stereocenters. The summed E-state index contributed by atoms with van der Waals surface area (Å²) in [6, 6.07) is 53.8. The van der Waals surface area contributed by atoms with Crippen molar-refractivity contribution >= 4 is 21.5 Å². The number of hydrogen-bond acceptors (Lipinski definition) is 0. The lowest BCUT2D eigenvalue weighted by atomic mass is 9.69. The van der Waals surface area contributed by atoms with Crippen LogP contribution in [0.15, 0.2) is 170 Å². The summed E-state index contributed by atoms with van der Waals surface area (Å²) < 4.78 is 0. The molecule has 0 fully saturated rings. The lowest BCUT2D eigenvalue weighted by Crippen LogP contribution is -2.16. The van der Waals surface area contributed by atoms with E-state index in [0.717, 1.165) is 0 Å². The lowest BCUT2D eigenvalue weighted by Gasteiger charge is -2.34. The predicted octanol–water partition coefficient (Wildman–Crippen LogP) is 12.0. The molecule has 2 aliphatic carbocycles. The number of benzene rings is 7. The third-order valence-corrected chi connectivity index (χ3v) is 9.64. The maximum Gasteiger partial charge on any atom is 0.0131 e. The van der Waals surface area contributed by atoms with Crippen LogP contribution in [0.1, 0.15) is 23.0 Å². The molecular weight excluding hydrogens is 528 g/mol. The zero-order chi connectivity index (χ0) is 29.0. The summed E-state index contributed by atoms with van der Waals surface area (Å²) in [5.74, 6) is 0.782. The monoisotopic (exact) mass is 558 g/mol. The van der Waals surface area contributed by atoms with Gasteiger partial charge in [-0.2, -0.15) is 0 Å². The first-order valence-corrected chi connectivity index (χ1v) is 15.5. The average Bonchev–Trinajstić information content (AvgIpc) is 3.11. The van der Waals surface area contributed by atoms with Gasteiger partial charge in [-0.05, 0) is 89.3 Å². The Morgan fingerprint density at radius 2 is 0.818 bits per heavy atom. The summed E-state index contributed by atoms with van der Waals surface area (Å²) in [5.41, 5.74) is 13.1. The van der Waals surface area contributed by atoms with Crippen molar-refractivity contribution in [2.24, 2.45) is 0 Å². The predicted molar refractivity (Wildman–Crippen MR) is 187 cm³/mol. The van der Waals surface area contributed by atoms with Gasteiger partial charge in [0.15, 0.2) is 0 Å². The fraction of sp³-hybridized carbons (Fsp3) is 0.0455. The molecule has 0 aromatic heterocycles. The van der Waals surface area contributed by atoms with Crippen LogP contribution in [-0.2, 0) is 0 Å². The summed E-state index contributed by atoms with van der Waals surface area (Å²) >= 11 is 0. The van der Waals surface area contributed by atoms with Crippen molar-refractivity contribution < 1.29 is 0 Å². The van der Waals surface area contributed by atoms with Crippen LogP contribution in [0.5, 0.6) is 0 Å². The molecule has 0 saturated heterocycles. The van der Waals surface area contributed by atoms with E-state index in [0.29, 0.717) is 11.8 Å². The van der Waals surface area contributed by atoms with E-state index < -0.39 is 0 Å². The molecule has 2 aliphatic rings. The smallest absolute Gasteiger partial charge is 0.0131 e. The Kier molecular flexibility index (Phi) is 5.74. The summed E-state index contributed by atoms with van der Waals surface area (Å²) in [6.07, 6.45) is 9.13. The molecule has 44 heavy (non-hydrogen) atoms. The van der Waals surface area contributed by atoms with Crippen molar-refractivity contribution in [3.05, 3.63) is 181 Å². The van der Waals surface area contributed by atoms with E-state index >= 15 is 0 Å². The van der Waals surface area contributed by atoms with Gasteiger partial charge in [0.1, 0.15) is 0 Å². The molecule has 0 saturated carbocycles. The Hall–Kier alpha value is -5.46. The Bertz CT molecular complexity index is 2230. The lowest BCUT2D eigenvalue weighted by molar-refractivity contribution is 0.720. The average molecular weight is 559 g/mol. The highest BCUT2D eigenvalue weighted by Crippen LogP contribution is 2.50. The van der Waals surface area contributed by atoms with Crippen LogP contribution < -0.4 is 0 Å². The minimum absolute atomic E-state index is 0.381. The van der Waals surface area contributed by atoms with Crippen molar-refractivity contribution in [1.82, 2.24) is 0 Å². The molecule has 2 unspecified atom stereocenters. The summed E-state index contributed by atoms with van der Waals surface area (Å²) in [7, 11) is 0. The van der Waals surface area contributed by atoms with Crippen LogP contribution in [0.4, 0.5) is 0 Å². The van der Waals surface area contributed by atoms with Crippen LogP contribution in [0, 0.1) is 0 Å². The number of hydrogen-bond donors (Lipinski definition) is 0. The molecule has 0 bridgehead atoms. The van der Waals surface area contributed by atoms with E-state index in [9.17, 15) is 0 Å². The number of allylic oxidation sites excluding steroid dienone is 4. The van der Waals surface area contributed by atoms with E-state index in [1.807, 2.05) is 0 Å². The van der Waals surface area contributed by atoms with Crippen molar-refractivity contribution in [2.75, 3.05) is 0 Å². The quantitative estimate of drug-likeness (QED) is 0.189. The molecule has 7 aromatic carbocycles. The van der Waals surface area contributed by atoms with Gasteiger partial charge in [-0.1, -0.05) is 158 Å². The largest absolute Gasteiger partial charge is 0.0761 e. The molecule has 0 spiro atoms. The third kappa shape index (κ3) is 3.85. The van der Waals surface area contributed by atoms with Crippen molar-refractivity contribution in [1.29, 1.82) is 0 Å². The Morgan fingerprint density at radius 3 is 1.50 bits per heavy atom. The molecule has 0 heterocycles. The van der Waals surface area contributed by atoms with Gasteiger partial charge in [0, 0.05) is 11.8 Å². The van der Waals surface area contributed by atoms with E-state index in [1.54, 1.807) is 0 Å². The Morgan fingerprint density at radius 1 is 0.318 bits per heavy atom. The van der Waals surface area contributed by atoms with Gasteiger partial charge in [-0.3, -0.25) is 0 Å². The first-order valence-electron chi connectivity index (χ1n) is 15.5. The first-order chi connectivity index (χ1) is 21.8. The van der Waals surface area contributed by atoms with Crippen molar-refractivity contribution in [3.63, 3.8) is 0 Å². The standard InChI is InChI=1S/C44H30/c1-2-13-29(14-3-1)43-38-21-8-10-23-40(38)44(41-24-11-9-22-39(41)43)32-16-12-15-30(27-32)31-25-26-37-35-19-5-4-17-33(35)34-18-6-7-20-36(34)42(37)28-31/h1-28,33,35H. The molecule has 0 amide bonds. The summed E-state index contributed by atoms with van der Waals surface area (Å²) in [6.45, 7) is 0. The highest BCUT2D eigenvalue weighted by atomic mass is 14.3. The molecule has 0 nitrogen and oxygen atoms in total. The third-order valence-electron chi connectivity index (χ3n) is 9.64. The second-order valence-electron chi connectivity index (χ2n) is 12.0. The van der Waals surface area contributed by atoms with E-state index in [2.05, 4.69) is 170 Å². The fourth-order valence-electron chi connectivity index (χ4n) is 7.70. The van der Waals surface area contributed by atoms with Crippen LogP contribution in [0.2, 0.25) is 0 Å². The maximum atomic E-state index is 2.42. The second-order valence-corrected chi connectivity index (χ2v) is 12.0. The van der Waals surface area contributed by atoms with Gasteiger partial charge < -0.3 is 0 Å². The van der Waals surface area contributed by atoms with Gasteiger partial charge in [0.05, 0.1) is 0 Å². The zero-order valence-corrected chi connectivity index (χ0v) is 24.3. The maximum absolute atomic E-state index is 2.42. The van der Waals surface area contributed by atoms with Crippen LogP contribution in [0.25, 0.3) is 66.1 Å². The minimum atomic E-state index is 0.381. The Labute approximate surface area is 258 Å². The summed E-state index contributed by atoms with van der Waals surface area (Å²) in [4.78, 5) is 0. The highest BCUT2D eigenvalue weighted by molar-refractivity contribution is 6.21. The molecule has 0 radical (unpaired) electrons. The topological polar surface area (TPSA) is 0 Å². The fourth-order valence-corrected chi connectivity index (χ4v) is 7.70. The zero-order valence-electron chi connectivity index (χ0n) is 24.3.